The van der Waals surface area contributed by atoms with Crippen molar-refractivity contribution < 1.29 is 4.79 Å². The first-order valence-electron chi connectivity index (χ1n) is 8.53. The quantitative estimate of drug-likeness (QED) is 0.568. The molecule has 4 aromatic rings. The van der Waals surface area contributed by atoms with Gasteiger partial charge in [-0.05, 0) is 42.0 Å². The first-order chi connectivity index (χ1) is 13.3. The van der Waals surface area contributed by atoms with E-state index in [0.29, 0.717) is 17.9 Å². The van der Waals surface area contributed by atoms with Crippen LogP contribution in [-0.2, 0) is 6.54 Å². The number of aromatic nitrogens is 3. The van der Waals surface area contributed by atoms with E-state index in [1.165, 1.54) is 0 Å². The summed E-state index contributed by atoms with van der Waals surface area (Å²) >= 11 is 0. The van der Waals surface area contributed by atoms with Crippen LogP contribution in [-0.4, -0.2) is 20.9 Å². The molecule has 2 N–H and O–H groups in total. The van der Waals surface area contributed by atoms with Crippen LogP contribution in [0.3, 0.4) is 0 Å². The molecular weight excluding hydrogens is 338 g/mol. The molecule has 0 saturated heterocycles. The van der Waals surface area contributed by atoms with Gasteiger partial charge in [0.15, 0.2) is 0 Å². The number of para-hydroxylation sites is 1. The fraction of sp³-hybridized carbons (Fsp3) is 0.0476. The Morgan fingerprint density at radius 2 is 1.74 bits per heavy atom. The summed E-state index contributed by atoms with van der Waals surface area (Å²) in [6.45, 7) is 0.640. The van der Waals surface area contributed by atoms with Gasteiger partial charge >= 0.3 is 0 Å². The average Bonchev–Trinajstić information content (AvgIpc) is 2.73. The molecule has 3 heterocycles. The fourth-order valence-corrected chi connectivity index (χ4v) is 2.76. The largest absolute Gasteiger partial charge is 0.381 e. The summed E-state index contributed by atoms with van der Waals surface area (Å²) in [5, 5.41) is 7.16. The molecule has 0 bridgehead atoms. The van der Waals surface area contributed by atoms with Crippen molar-refractivity contribution >= 4 is 28.2 Å². The average molecular weight is 355 g/mol. The molecule has 0 aliphatic carbocycles. The lowest BCUT2D eigenvalue weighted by molar-refractivity contribution is 0.102. The summed E-state index contributed by atoms with van der Waals surface area (Å²) in [5.41, 5.74) is 3.68. The minimum absolute atomic E-state index is 0.277. The second kappa shape index (κ2) is 7.61. The fourth-order valence-electron chi connectivity index (χ4n) is 2.76. The maximum absolute atomic E-state index is 12.6. The number of fused-ring (bicyclic) bond motifs is 1. The Balaban J connectivity index is 1.50. The van der Waals surface area contributed by atoms with Gasteiger partial charge in [-0.1, -0.05) is 18.2 Å². The van der Waals surface area contributed by atoms with Gasteiger partial charge in [-0.3, -0.25) is 19.7 Å². The van der Waals surface area contributed by atoms with Gasteiger partial charge in [0.1, 0.15) is 5.69 Å². The molecule has 3 aromatic heterocycles. The molecular formula is C21H17N5O. The number of rotatable bonds is 5. The molecule has 0 aliphatic heterocycles. The molecule has 0 aliphatic rings. The minimum atomic E-state index is -0.277. The van der Waals surface area contributed by atoms with Crippen LogP contribution in [0.5, 0.6) is 0 Å². The summed E-state index contributed by atoms with van der Waals surface area (Å²) < 4.78 is 0. The third-order valence-corrected chi connectivity index (χ3v) is 4.12. The first kappa shape index (κ1) is 16.7. The molecule has 6 heteroatoms. The standard InChI is InChI=1S/C21H17N5O/c27-21(26-18-5-1-3-16-4-2-9-24-20(16)18)19-13-17(8-12-23-19)25-14-15-6-10-22-11-7-15/h1-13H,14H2,(H,23,25)(H,26,27). The molecule has 0 unspecified atom stereocenters. The highest BCUT2D eigenvalue weighted by atomic mass is 16.1. The second-order valence-electron chi connectivity index (χ2n) is 5.97. The van der Waals surface area contributed by atoms with Gasteiger partial charge < -0.3 is 10.6 Å². The predicted octanol–water partition coefficient (Wildman–Crippen LogP) is 3.89. The van der Waals surface area contributed by atoms with Crippen LogP contribution in [0.15, 0.2) is 79.4 Å². The van der Waals surface area contributed by atoms with Crippen molar-refractivity contribution in [2.24, 2.45) is 0 Å². The lowest BCUT2D eigenvalue weighted by Gasteiger charge is -2.10. The Kier molecular flexibility index (Phi) is 4.70. The maximum atomic E-state index is 12.6. The van der Waals surface area contributed by atoms with Crippen molar-refractivity contribution in [3.63, 3.8) is 0 Å². The van der Waals surface area contributed by atoms with Gasteiger partial charge in [0, 0.05) is 42.4 Å². The molecule has 132 valence electrons. The molecule has 1 amide bonds. The number of anilines is 2. The van der Waals surface area contributed by atoms with Gasteiger partial charge in [0.25, 0.3) is 5.91 Å². The normalized spacial score (nSPS) is 10.5. The van der Waals surface area contributed by atoms with E-state index in [0.717, 1.165) is 22.2 Å². The number of amides is 1. The molecule has 27 heavy (non-hydrogen) atoms. The Labute approximate surface area is 156 Å². The zero-order valence-electron chi connectivity index (χ0n) is 14.5. The summed E-state index contributed by atoms with van der Waals surface area (Å²) in [6, 6.07) is 16.9. The SMILES string of the molecule is O=C(Nc1cccc2cccnc12)c1cc(NCc2ccncc2)ccn1. The number of pyridine rings is 3. The van der Waals surface area contributed by atoms with E-state index in [1.807, 2.05) is 48.5 Å². The predicted molar refractivity (Wildman–Crippen MR) is 105 cm³/mol. The van der Waals surface area contributed by atoms with Crippen molar-refractivity contribution in [2.75, 3.05) is 10.6 Å². The molecule has 1 aromatic carbocycles. The van der Waals surface area contributed by atoms with Crippen LogP contribution in [0.1, 0.15) is 16.1 Å². The van der Waals surface area contributed by atoms with Crippen LogP contribution >= 0.6 is 0 Å². The van der Waals surface area contributed by atoms with Crippen molar-refractivity contribution in [3.8, 4) is 0 Å². The number of carbonyl (C=O) groups is 1. The van der Waals surface area contributed by atoms with Gasteiger partial charge in [0.2, 0.25) is 0 Å². The Morgan fingerprint density at radius 1 is 0.889 bits per heavy atom. The van der Waals surface area contributed by atoms with E-state index in [-0.39, 0.29) is 5.91 Å². The first-order valence-corrected chi connectivity index (χ1v) is 8.53. The molecule has 6 nitrogen and oxygen atoms in total. The highest BCUT2D eigenvalue weighted by Crippen LogP contribution is 2.21. The second-order valence-corrected chi connectivity index (χ2v) is 5.97. The number of hydrogen-bond donors (Lipinski definition) is 2. The summed E-state index contributed by atoms with van der Waals surface area (Å²) in [7, 11) is 0. The monoisotopic (exact) mass is 355 g/mol. The lowest BCUT2D eigenvalue weighted by atomic mass is 10.2. The summed E-state index contributed by atoms with van der Waals surface area (Å²) in [4.78, 5) is 25.2. The van der Waals surface area contributed by atoms with Crippen molar-refractivity contribution in [3.05, 3.63) is 90.6 Å². The van der Waals surface area contributed by atoms with E-state index in [4.69, 9.17) is 0 Å². The van der Waals surface area contributed by atoms with Crippen molar-refractivity contribution in [1.29, 1.82) is 0 Å². The lowest BCUT2D eigenvalue weighted by Crippen LogP contribution is -2.14. The van der Waals surface area contributed by atoms with E-state index in [9.17, 15) is 4.79 Å². The van der Waals surface area contributed by atoms with Crippen LogP contribution in [0.2, 0.25) is 0 Å². The molecule has 0 spiro atoms. The van der Waals surface area contributed by atoms with Crippen LogP contribution in [0, 0.1) is 0 Å². The van der Waals surface area contributed by atoms with E-state index >= 15 is 0 Å². The third kappa shape index (κ3) is 3.90. The molecule has 4 rings (SSSR count). The smallest absolute Gasteiger partial charge is 0.274 e. The van der Waals surface area contributed by atoms with E-state index in [1.54, 1.807) is 30.9 Å². The number of nitrogens with one attached hydrogen (secondary N) is 2. The molecule has 0 saturated carbocycles. The summed E-state index contributed by atoms with van der Waals surface area (Å²) in [5.74, 6) is -0.277. The molecule has 0 fully saturated rings. The van der Waals surface area contributed by atoms with Crippen LogP contribution in [0.25, 0.3) is 10.9 Å². The topological polar surface area (TPSA) is 79.8 Å². The number of nitrogens with zero attached hydrogens (tertiary/aromatic N) is 3. The molecule has 0 atom stereocenters. The van der Waals surface area contributed by atoms with Crippen molar-refractivity contribution in [2.45, 2.75) is 6.54 Å². The van der Waals surface area contributed by atoms with Gasteiger partial charge in [-0.15, -0.1) is 0 Å². The highest BCUT2D eigenvalue weighted by Gasteiger charge is 2.11. The Morgan fingerprint density at radius 3 is 2.63 bits per heavy atom. The number of carbonyl (C=O) groups excluding carboxylic acids is 1. The van der Waals surface area contributed by atoms with Gasteiger partial charge in [-0.25, -0.2) is 0 Å². The summed E-state index contributed by atoms with van der Waals surface area (Å²) in [6.07, 6.45) is 6.83. The Bertz CT molecular complexity index is 1080. The number of hydrogen-bond acceptors (Lipinski definition) is 5. The van der Waals surface area contributed by atoms with Crippen LogP contribution < -0.4 is 10.6 Å². The zero-order valence-corrected chi connectivity index (χ0v) is 14.5. The van der Waals surface area contributed by atoms with Crippen LogP contribution in [0.4, 0.5) is 11.4 Å². The van der Waals surface area contributed by atoms with Gasteiger partial charge in [-0.2, -0.15) is 0 Å². The zero-order chi connectivity index (χ0) is 18.5. The van der Waals surface area contributed by atoms with E-state index in [2.05, 4.69) is 25.6 Å². The maximum Gasteiger partial charge on any atom is 0.274 e. The number of benzene rings is 1. The van der Waals surface area contributed by atoms with Crippen molar-refractivity contribution in [1.82, 2.24) is 15.0 Å². The minimum Gasteiger partial charge on any atom is -0.381 e. The van der Waals surface area contributed by atoms with Gasteiger partial charge in [0.05, 0.1) is 11.2 Å². The Hall–Kier alpha value is -3.80. The molecule has 0 radical (unpaired) electrons. The third-order valence-electron chi connectivity index (χ3n) is 4.12. The van der Waals surface area contributed by atoms with E-state index < -0.39 is 0 Å². The highest BCUT2D eigenvalue weighted by molar-refractivity contribution is 6.07.